The summed E-state index contributed by atoms with van der Waals surface area (Å²) in [6, 6.07) is 13.3. The van der Waals surface area contributed by atoms with Crippen LogP contribution in [0.3, 0.4) is 0 Å². The molecule has 2 amide bonds. The van der Waals surface area contributed by atoms with E-state index in [2.05, 4.69) is 10.3 Å². The van der Waals surface area contributed by atoms with Crippen LogP contribution in [0.5, 0.6) is 0 Å². The average Bonchev–Trinajstić information content (AvgIpc) is 2.63. The molecule has 0 unspecified atom stereocenters. The third-order valence-corrected chi connectivity index (χ3v) is 3.65. The van der Waals surface area contributed by atoms with Crippen LogP contribution in [0.2, 0.25) is 0 Å². The van der Waals surface area contributed by atoms with Crippen LogP contribution in [0.15, 0.2) is 71.9 Å². The summed E-state index contributed by atoms with van der Waals surface area (Å²) in [6.45, 7) is 0. The molecule has 3 aromatic rings. The molecule has 0 spiro atoms. The van der Waals surface area contributed by atoms with E-state index in [-0.39, 0.29) is 11.1 Å². The molecule has 0 aliphatic heterocycles. The first-order chi connectivity index (χ1) is 12.5. The maximum atomic E-state index is 12.2. The van der Waals surface area contributed by atoms with Crippen molar-refractivity contribution >= 4 is 17.5 Å². The van der Waals surface area contributed by atoms with E-state index in [0.29, 0.717) is 16.9 Å². The Labute approximate surface area is 149 Å². The fourth-order valence-electron chi connectivity index (χ4n) is 2.43. The van der Waals surface area contributed by atoms with Gasteiger partial charge in [-0.25, -0.2) is 0 Å². The molecule has 1 heterocycles. The average molecular weight is 347 g/mol. The summed E-state index contributed by atoms with van der Waals surface area (Å²) >= 11 is 0. The van der Waals surface area contributed by atoms with E-state index in [9.17, 15) is 14.4 Å². The number of rotatable bonds is 5. The molecule has 3 N–H and O–H groups in total. The Kier molecular flexibility index (Phi) is 4.89. The summed E-state index contributed by atoms with van der Waals surface area (Å²) in [5, 5.41) is 2.70. The molecular formula is C19H15N4O3. The fraction of sp³-hybridized carbons (Fsp3) is 0. The second-order valence-corrected chi connectivity index (χ2v) is 5.42. The zero-order chi connectivity index (χ0) is 18.5. The molecule has 3 rings (SSSR count). The van der Waals surface area contributed by atoms with Crippen LogP contribution in [-0.4, -0.2) is 21.4 Å². The maximum absolute atomic E-state index is 12.2. The minimum Gasteiger partial charge on any atom is -0.366 e. The number of hydrogen-bond donors (Lipinski definition) is 2. The molecule has 0 atom stereocenters. The Morgan fingerprint density at radius 2 is 1.81 bits per heavy atom. The van der Waals surface area contributed by atoms with Gasteiger partial charge in [-0.05, 0) is 35.9 Å². The summed E-state index contributed by atoms with van der Waals surface area (Å²) in [4.78, 5) is 39.1. The molecule has 0 aliphatic carbocycles. The normalized spacial score (nSPS) is 10.3. The fourth-order valence-corrected chi connectivity index (χ4v) is 2.43. The van der Waals surface area contributed by atoms with Crippen LogP contribution in [0.25, 0.3) is 5.69 Å². The number of carbonyl (C=O) groups is 2. The Morgan fingerprint density at radius 1 is 1.08 bits per heavy atom. The third-order valence-electron chi connectivity index (χ3n) is 3.65. The number of amides is 2. The molecule has 1 aromatic heterocycles. The number of carbonyl (C=O) groups excluding carboxylic acids is 2. The number of nitrogens with one attached hydrogen (secondary N) is 1. The molecule has 7 nitrogen and oxygen atoms in total. The lowest BCUT2D eigenvalue weighted by atomic mass is 10.0. The van der Waals surface area contributed by atoms with E-state index in [1.165, 1.54) is 23.4 Å². The number of primary amides is 1. The lowest BCUT2D eigenvalue weighted by Crippen LogP contribution is -2.18. The molecule has 0 fully saturated rings. The molecule has 0 saturated carbocycles. The highest BCUT2D eigenvalue weighted by Crippen LogP contribution is 2.15. The number of aromatic nitrogens is 2. The standard InChI is InChI=1S/C19H15N4O3/c20-19(26)16-4-2-1-3-13(16)11-17(24)22-14-5-7-15(8-6-14)23-10-9-21-12-18(23)25/h1-12H,(H2,20,26)(H,22,24). The second kappa shape index (κ2) is 7.43. The highest BCUT2D eigenvalue weighted by atomic mass is 16.2. The molecule has 0 bridgehead atoms. The van der Waals surface area contributed by atoms with Crippen LogP contribution in [0.1, 0.15) is 15.9 Å². The first-order valence-electron chi connectivity index (χ1n) is 7.72. The van der Waals surface area contributed by atoms with Crippen molar-refractivity contribution in [1.29, 1.82) is 0 Å². The van der Waals surface area contributed by atoms with Crippen LogP contribution in [0, 0.1) is 6.42 Å². The van der Waals surface area contributed by atoms with Crippen molar-refractivity contribution in [2.24, 2.45) is 5.73 Å². The molecule has 7 heteroatoms. The SMILES string of the molecule is NC(=O)c1ccccc1[CH]C(=O)Nc1ccc(-n2ccncc2=O)cc1. The number of benzene rings is 2. The van der Waals surface area contributed by atoms with Crippen molar-refractivity contribution in [3.63, 3.8) is 0 Å². The highest BCUT2D eigenvalue weighted by Gasteiger charge is 2.12. The van der Waals surface area contributed by atoms with Crippen molar-refractivity contribution in [1.82, 2.24) is 9.55 Å². The van der Waals surface area contributed by atoms with Crippen molar-refractivity contribution < 1.29 is 9.59 Å². The van der Waals surface area contributed by atoms with Gasteiger partial charge in [-0.15, -0.1) is 0 Å². The van der Waals surface area contributed by atoms with E-state index < -0.39 is 11.8 Å². The summed E-state index contributed by atoms with van der Waals surface area (Å²) in [7, 11) is 0. The predicted octanol–water partition coefficient (Wildman–Crippen LogP) is 1.52. The van der Waals surface area contributed by atoms with Crippen LogP contribution in [0.4, 0.5) is 5.69 Å². The van der Waals surface area contributed by atoms with Gasteiger partial charge in [0.1, 0.15) is 0 Å². The summed E-state index contributed by atoms with van der Waals surface area (Å²) in [5.74, 6) is -0.996. The smallest absolute Gasteiger partial charge is 0.273 e. The number of hydrogen-bond acceptors (Lipinski definition) is 4. The minimum absolute atomic E-state index is 0.249. The van der Waals surface area contributed by atoms with Crippen LogP contribution < -0.4 is 16.6 Å². The van der Waals surface area contributed by atoms with Gasteiger partial charge in [0, 0.05) is 29.3 Å². The van der Waals surface area contributed by atoms with Gasteiger partial charge in [0.15, 0.2) is 0 Å². The zero-order valence-electron chi connectivity index (χ0n) is 13.6. The zero-order valence-corrected chi connectivity index (χ0v) is 13.6. The second-order valence-electron chi connectivity index (χ2n) is 5.42. The van der Waals surface area contributed by atoms with Gasteiger partial charge >= 0.3 is 0 Å². The molecule has 0 saturated heterocycles. The lowest BCUT2D eigenvalue weighted by molar-refractivity contribution is -0.112. The topological polar surface area (TPSA) is 107 Å². The van der Waals surface area contributed by atoms with E-state index in [4.69, 9.17) is 5.73 Å². The van der Waals surface area contributed by atoms with E-state index in [0.717, 1.165) is 0 Å². The van der Waals surface area contributed by atoms with Gasteiger partial charge in [0.05, 0.1) is 12.6 Å². The van der Waals surface area contributed by atoms with Crippen molar-refractivity contribution in [3.8, 4) is 5.69 Å². The molecule has 1 radical (unpaired) electrons. The molecule has 26 heavy (non-hydrogen) atoms. The molecular weight excluding hydrogens is 332 g/mol. The first kappa shape index (κ1) is 17.1. The quantitative estimate of drug-likeness (QED) is 0.729. The van der Waals surface area contributed by atoms with Crippen LogP contribution in [-0.2, 0) is 4.79 Å². The lowest BCUT2D eigenvalue weighted by Gasteiger charge is -2.09. The monoisotopic (exact) mass is 347 g/mol. The van der Waals surface area contributed by atoms with Gasteiger partial charge < -0.3 is 11.1 Å². The largest absolute Gasteiger partial charge is 0.366 e. The van der Waals surface area contributed by atoms with Gasteiger partial charge in [0.2, 0.25) is 11.8 Å². The van der Waals surface area contributed by atoms with Gasteiger partial charge in [-0.1, -0.05) is 18.2 Å². The molecule has 2 aromatic carbocycles. The number of nitrogens with zero attached hydrogens (tertiary/aromatic N) is 2. The third kappa shape index (κ3) is 3.84. The number of nitrogens with two attached hydrogens (primary N) is 1. The van der Waals surface area contributed by atoms with Crippen molar-refractivity contribution in [2.45, 2.75) is 0 Å². The van der Waals surface area contributed by atoms with Crippen molar-refractivity contribution in [3.05, 3.63) is 95.0 Å². The maximum Gasteiger partial charge on any atom is 0.273 e. The van der Waals surface area contributed by atoms with E-state index >= 15 is 0 Å². The minimum atomic E-state index is -0.600. The van der Waals surface area contributed by atoms with Crippen LogP contribution >= 0.6 is 0 Å². The van der Waals surface area contributed by atoms with E-state index in [1.807, 2.05) is 0 Å². The summed E-state index contributed by atoms with van der Waals surface area (Å²) < 4.78 is 1.44. The van der Waals surface area contributed by atoms with Gasteiger partial charge in [-0.3, -0.25) is 23.9 Å². The Hall–Kier alpha value is -3.74. The Morgan fingerprint density at radius 3 is 2.50 bits per heavy atom. The highest BCUT2D eigenvalue weighted by molar-refractivity contribution is 6.03. The predicted molar refractivity (Wildman–Crippen MR) is 96.8 cm³/mol. The summed E-state index contributed by atoms with van der Waals surface area (Å²) in [6.07, 6.45) is 5.61. The molecule has 0 aliphatic rings. The number of anilines is 1. The first-order valence-corrected chi connectivity index (χ1v) is 7.72. The van der Waals surface area contributed by atoms with Gasteiger partial charge in [0.25, 0.3) is 5.56 Å². The van der Waals surface area contributed by atoms with E-state index in [1.54, 1.807) is 54.7 Å². The van der Waals surface area contributed by atoms with Gasteiger partial charge in [-0.2, -0.15) is 0 Å². The Bertz CT molecular complexity index is 1010. The van der Waals surface area contributed by atoms with Crippen molar-refractivity contribution in [2.75, 3.05) is 5.32 Å². The Balaban J connectivity index is 1.72. The molecule has 129 valence electrons. The summed E-state index contributed by atoms with van der Waals surface area (Å²) in [5.41, 5.74) is 6.97.